The number of ether oxygens (including phenoxy) is 1. The second-order valence-corrected chi connectivity index (χ2v) is 17.2. The minimum atomic E-state index is 0.109. The molecule has 2 aliphatic carbocycles. The molecule has 0 N–H and O–H groups in total. The number of rotatable bonds is 6. The van der Waals surface area contributed by atoms with E-state index in [4.69, 9.17) is 4.74 Å². The van der Waals surface area contributed by atoms with Gasteiger partial charge in [0.1, 0.15) is 11.5 Å². The van der Waals surface area contributed by atoms with E-state index < -0.39 is 0 Å². The fraction of sp³-hybridized carbons (Fsp3) is 0.0492. The van der Waals surface area contributed by atoms with Crippen LogP contribution in [0.1, 0.15) is 23.1 Å². The molecule has 0 fully saturated rings. The quantitative estimate of drug-likeness (QED) is 0.155. The van der Waals surface area contributed by atoms with E-state index in [0.29, 0.717) is 0 Å². The molecule has 0 spiro atoms. The second kappa shape index (κ2) is 14.3. The maximum Gasteiger partial charge on any atom is 0.138 e. The molecule has 13 rings (SSSR count). The van der Waals surface area contributed by atoms with E-state index >= 15 is 0 Å². The molecule has 10 aromatic rings. The van der Waals surface area contributed by atoms with Gasteiger partial charge in [-0.3, -0.25) is 0 Å². The first-order chi connectivity index (χ1) is 31.2. The first-order valence-corrected chi connectivity index (χ1v) is 22.0. The van der Waals surface area contributed by atoms with E-state index in [1.54, 1.807) is 0 Å². The van der Waals surface area contributed by atoms with E-state index in [1.807, 2.05) is 0 Å². The van der Waals surface area contributed by atoms with Crippen molar-refractivity contribution in [3.8, 4) is 56.0 Å². The van der Waals surface area contributed by atoms with Crippen molar-refractivity contribution in [1.82, 2.24) is 0 Å². The molecule has 1 unspecified atom stereocenters. The zero-order chi connectivity index (χ0) is 41.4. The number of anilines is 2. The largest absolute Gasteiger partial charge is 0.456 e. The van der Waals surface area contributed by atoms with E-state index in [2.05, 4.69) is 223 Å². The Morgan fingerprint density at radius 3 is 1.81 bits per heavy atom. The molecule has 0 amide bonds. The van der Waals surface area contributed by atoms with Crippen LogP contribution < -0.4 is 9.64 Å². The van der Waals surface area contributed by atoms with Crippen LogP contribution >= 0.6 is 0 Å². The molecule has 296 valence electrons. The van der Waals surface area contributed by atoms with Gasteiger partial charge in [-0.1, -0.05) is 176 Å². The Kier molecular flexibility index (Phi) is 8.14. The summed E-state index contributed by atoms with van der Waals surface area (Å²) in [5, 5.41) is 7.75. The van der Waals surface area contributed by atoms with Crippen LogP contribution in [-0.4, -0.2) is 6.04 Å². The Balaban J connectivity index is 0.850. The highest BCUT2D eigenvalue weighted by Gasteiger charge is 2.26. The summed E-state index contributed by atoms with van der Waals surface area (Å²) in [5.74, 6) is 1.93. The van der Waals surface area contributed by atoms with Gasteiger partial charge in [0.25, 0.3) is 0 Å². The third-order valence-electron chi connectivity index (χ3n) is 13.6. The molecule has 0 radical (unpaired) electrons. The van der Waals surface area contributed by atoms with Crippen LogP contribution in [-0.2, 0) is 6.42 Å². The molecular formula is C61H41NO. The number of fused-ring (bicyclic) bond motifs is 8. The van der Waals surface area contributed by atoms with E-state index in [0.717, 1.165) is 41.3 Å². The lowest BCUT2D eigenvalue weighted by molar-refractivity contribution is 0.458. The van der Waals surface area contributed by atoms with Crippen molar-refractivity contribution in [2.24, 2.45) is 0 Å². The van der Waals surface area contributed by atoms with Gasteiger partial charge in [-0.15, -0.1) is 0 Å². The summed E-state index contributed by atoms with van der Waals surface area (Å²) < 4.78 is 6.58. The molecule has 2 heteroatoms. The normalized spacial score (nSPS) is 14.5. The van der Waals surface area contributed by atoms with Crippen LogP contribution in [0.5, 0.6) is 11.5 Å². The zero-order valence-electron chi connectivity index (χ0n) is 34.6. The summed E-state index contributed by atoms with van der Waals surface area (Å²) >= 11 is 0. The van der Waals surface area contributed by atoms with Crippen molar-refractivity contribution >= 4 is 49.3 Å². The molecular weight excluding hydrogens is 763 g/mol. The lowest BCUT2D eigenvalue weighted by Gasteiger charge is -2.34. The number of hydrogen-bond donors (Lipinski definition) is 0. The monoisotopic (exact) mass is 803 g/mol. The van der Waals surface area contributed by atoms with Crippen molar-refractivity contribution in [1.29, 1.82) is 0 Å². The van der Waals surface area contributed by atoms with Crippen molar-refractivity contribution in [3.63, 3.8) is 0 Å². The van der Waals surface area contributed by atoms with Crippen molar-refractivity contribution in [2.75, 3.05) is 4.90 Å². The van der Waals surface area contributed by atoms with Gasteiger partial charge in [0.05, 0.1) is 6.04 Å². The first kappa shape index (κ1) is 35.8. The Labute approximate surface area is 367 Å². The smallest absolute Gasteiger partial charge is 0.138 e. The Hall–Kier alpha value is -7.94. The molecule has 0 saturated heterocycles. The number of hydrogen-bond acceptors (Lipinski definition) is 2. The standard InChI is InChI=1S/C61H41NO/c1-3-13-52-41(8-1)18-19-43-20-21-45(37-57(43)52)39-22-29-49(30-23-39)62(51-33-26-42(27-34-51)53-14-7-12-48-36-47-9-2-4-17-59(47)63-61(48)53)50-31-24-40(25-32-50)46-28-35-54-55-15-5-10-44-11-6-16-56(60(44)55)58(54)38-46/h1-33,35,37-38,51H,34,36H2. The third-order valence-corrected chi connectivity index (χ3v) is 13.6. The van der Waals surface area contributed by atoms with Gasteiger partial charge < -0.3 is 9.64 Å². The SMILES string of the molecule is C1=CC(N(c2ccc(-c3ccc4c(c3)-c3cccc5cccc-4c35)cc2)c2ccc(-c3ccc4ccc5ccccc5c4c3)cc2)CC=C1c1cccc2c1Oc1ccccc1C2. The number of para-hydroxylation sites is 2. The average molecular weight is 804 g/mol. The Morgan fingerprint density at radius 1 is 0.429 bits per heavy atom. The minimum absolute atomic E-state index is 0.109. The van der Waals surface area contributed by atoms with Crippen LogP contribution in [0.2, 0.25) is 0 Å². The fourth-order valence-electron chi connectivity index (χ4n) is 10.5. The highest BCUT2D eigenvalue weighted by atomic mass is 16.5. The van der Waals surface area contributed by atoms with E-state index in [1.165, 1.54) is 93.5 Å². The van der Waals surface area contributed by atoms with Gasteiger partial charge in [-0.25, -0.2) is 0 Å². The maximum absolute atomic E-state index is 6.58. The predicted octanol–water partition coefficient (Wildman–Crippen LogP) is 16.4. The highest BCUT2D eigenvalue weighted by Crippen LogP contribution is 2.49. The van der Waals surface area contributed by atoms with Crippen LogP contribution in [0.3, 0.4) is 0 Å². The van der Waals surface area contributed by atoms with Crippen molar-refractivity contribution in [2.45, 2.75) is 18.9 Å². The Morgan fingerprint density at radius 2 is 1.03 bits per heavy atom. The molecule has 3 aliphatic rings. The summed E-state index contributed by atoms with van der Waals surface area (Å²) in [7, 11) is 0. The second-order valence-electron chi connectivity index (χ2n) is 17.2. The number of allylic oxidation sites excluding steroid dienone is 2. The van der Waals surface area contributed by atoms with Crippen LogP contribution in [0.15, 0.2) is 218 Å². The first-order valence-electron chi connectivity index (χ1n) is 22.0. The van der Waals surface area contributed by atoms with Gasteiger partial charge in [0, 0.05) is 23.4 Å². The molecule has 0 saturated carbocycles. The van der Waals surface area contributed by atoms with E-state index in [-0.39, 0.29) is 6.04 Å². The molecule has 10 aromatic carbocycles. The molecule has 2 nitrogen and oxygen atoms in total. The summed E-state index contributed by atoms with van der Waals surface area (Å²) in [4.78, 5) is 2.50. The van der Waals surface area contributed by atoms with Gasteiger partial charge in [0.15, 0.2) is 0 Å². The topological polar surface area (TPSA) is 12.5 Å². The molecule has 63 heavy (non-hydrogen) atoms. The molecule has 1 atom stereocenters. The van der Waals surface area contributed by atoms with E-state index in [9.17, 15) is 0 Å². The molecule has 1 aliphatic heterocycles. The summed E-state index contributed by atoms with van der Waals surface area (Å²) in [6.07, 6.45) is 8.79. The summed E-state index contributed by atoms with van der Waals surface area (Å²) in [6.45, 7) is 0. The maximum atomic E-state index is 6.58. The van der Waals surface area contributed by atoms with Crippen LogP contribution in [0, 0.1) is 0 Å². The van der Waals surface area contributed by atoms with Crippen molar-refractivity contribution < 1.29 is 4.74 Å². The van der Waals surface area contributed by atoms with Crippen LogP contribution in [0.25, 0.3) is 82.4 Å². The molecule has 1 heterocycles. The lowest BCUT2D eigenvalue weighted by Crippen LogP contribution is -2.30. The van der Waals surface area contributed by atoms with Gasteiger partial charge >= 0.3 is 0 Å². The zero-order valence-corrected chi connectivity index (χ0v) is 34.6. The van der Waals surface area contributed by atoms with Gasteiger partial charge in [-0.05, 0) is 142 Å². The van der Waals surface area contributed by atoms with Gasteiger partial charge in [0.2, 0.25) is 0 Å². The fourth-order valence-corrected chi connectivity index (χ4v) is 10.5. The number of benzene rings is 10. The summed E-state index contributed by atoms with van der Waals surface area (Å²) in [5.41, 5.74) is 17.3. The average Bonchev–Trinajstić information content (AvgIpc) is 3.67. The Bertz CT molecular complexity index is 3530. The number of nitrogens with zero attached hydrogens (tertiary/aromatic N) is 1. The lowest BCUT2D eigenvalue weighted by atomic mass is 9.91. The van der Waals surface area contributed by atoms with Crippen LogP contribution in [0.4, 0.5) is 11.4 Å². The molecule has 0 aromatic heterocycles. The predicted molar refractivity (Wildman–Crippen MR) is 264 cm³/mol. The third kappa shape index (κ3) is 5.94. The minimum Gasteiger partial charge on any atom is -0.456 e. The summed E-state index contributed by atoms with van der Waals surface area (Å²) in [6, 6.07) is 73.7. The van der Waals surface area contributed by atoms with Gasteiger partial charge in [-0.2, -0.15) is 0 Å². The molecule has 0 bridgehead atoms. The highest BCUT2D eigenvalue weighted by molar-refractivity contribution is 6.15. The van der Waals surface area contributed by atoms with Crippen molar-refractivity contribution in [3.05, 3.63) is 235 Å².